The van der Waals surface area contributed by atoms with Gasteiger partial charge in [0.05, 0.1) is 28.6 Å². The summed E-state index contributed by atoms with van der Waals surface area (Å²) in [6.45, 7) is 0. The molecule has 0 radical (unpaired) electrons. The van der Waals surface area contributed by atoms with Crippen molar-refractivity contribution in [2.75, 3.05) is 24.0 Å². The van der Waals surface area contributed by atoms with Gasteiger partial charge in [0.1, 0.15) is 0 Å². The van der Waals surface area contributed by atoms with Crippen LogP contribution in [0.15, 0.2) is 77.9 Å². The fourth-order valence-corrected chi connectivity index (χ4v) is 3.80. The average Bonchev–Trinajstić information content (AvgIpc) is 3.25. The van der Waals surface area contributed by atoms with Crippen LogP contribution < -0.4 is 9.91 Å². The number of aromatic carboxylic acids is 2. The van der Waals surface area contributed by atoms with Crippen molar-refractivity contribution in [3.63, 3.8) is 0 Å². The van der Waals surface area contributed by atoms with Gasteiger partial charge in [-0.15, -0.1) is 0 Å². The Morgan fingerprint density at radius 1 is 0.906 bits per heavy atom. The molecule has 0 saturated carbocycles. The molecule has 0 aromatic heterocycles. The Kier molecular flexibility index (Phi) is 5.64. The van der Waals surface area contributed by atoms with Gasteiger partial charge in [-0.1, -0.05) is 42.5 Å². The molecule has 4 rings (SSSR count). The predicted octanol–water partition coefficient (Wildman–Crippen LogP) is 4.50. The molecule has 32 heavy (non-hydrogen) atoms. The topological polar surface area (TPSA) is 93.4 Å². The summed E-state index contributed by atoms with van der Waals surface area (Å²) < 4.78 is 0. The summed E-state index contributed by atoms with van der Waals surface area (Å²) in [5.74, 6) is -2.37. The smallest absolute Gasteiger partial charge is 0.335 e. The molecule has 3 aromatic carbocycles. The number of carbonyl (C=O) groups is 2. The first kappa shape index (κ1) is 21.1. The summed E-state index contributed by atoms with van der Waals surface area (Å²) in [5, 5.41) is 25.5. The van der Waals surface area contributed by atoms with E-state index in [-0.39, 0.29) is 17.2 Å². The van der Waals surface area contributed by atoms with Crippen LogP contribution in [0.1, 0.15) is 44.3 Å². The fourth-order valence-electron chi connectivity index (χ4n) is 3.80. The van der Waals surface area contributed by atoms with E-state index in [2.05, 4.69) is 0 Å². The van der Waals surface area contributed by atoms with Crippen molar-refractivity contribution in [2.45, 2.75) is 12.5 Å². The van der Waals surface area contributed by atoms with Crippen LogP contribution in [-0.2, 0) is 0 Å². The first-order valence-corrected chi connectivity index (χ1v) is 10.1. The quantitative estimate of drug-likeness (QED) is 0.599. The highest BCUT2D eigenvalue weighted by Gasteiger charge is 2.31. The number of carboxylic acids is 2. The van der Waals surface area contributed by atoms with Gasteiger partial charge in [-0.2, -0.15) is 5.10 Å². The Balaban J connectivity index is 1.82. The highest BCUT2D eigenvalue weighted by Crippen LogP contribution is 2.38. The average molecular weight is 429 g/mol. The Labute approximate surface area is 185 Å². The third-order valence-electron chi connectivity index (χ3n) is 5.49. The van der Waals surface area contributed by atoms with Crippen LogP contribution in [0, 0.1) is 0 Å². The molecular weight excluding hydrogens is 406 g/mol. The number of benzene rings is 3. The summed E-state index contributed by atoms with van der Waals surface area (Å²) in [5.41, 5.74) is 4.12. The molecule has 0 fully saturated rings. The van der Waals surface area contributed by atoms with E-state index in [0.717, 1.165) is 28.6 Å². The zero-order chi connectivity index (χ0) is 22.8. The minimum absolute atomic E-state index is 0.0926. The molecule has 0 spiro atoms. The van der Waals surface area contributed by atoms with Crippen molar-refractivity contribution in [1.82, 2.24) is 0 Å². The van der Waals surface area contributed by atoms with E-state index < -0.39 is 11.9 Å². The van der Waals surface area contributed by atoms with Crippen LogP contribution in [0.4, 0.5) is 11.4 Å². The largest absolute Gasteiger partial charge is 0.478 e. The van der Waals surface area contributed by atoms with Crippen molar-refractivity contribution < 1.29 is 19.8 Å². The molecule has 0 aliphatic carbocycles. The second-order valence-electron chi connectivity index (χ2n) is 7.84. The second-order valence-corrected chi connectivity index (χ2v) is 7.84. The number of hydrazone groups is 1. The van der Waals surface area contributed by atoms with Gasteiger partial charge >= 0.3 is 11.9 Å². The Hall–Kier alpha value is -4.13. The van der Waals surface area contributed by atoms with Crippen molar-refractivity contribution in [3.8, 4) is 0 Å². The maximum Gasteiger partial charge on any atom is 0.335 e. The number of hydrogen-bond acceptors (Lipinski definition) is 5. The molecule has 0 amide bonds. The summed E-state index contributed by atoms with van der Waals surface area (Å²) >= 11 is 0. The van der Waals surface area contributed by atoms with Crippen molar-refractivity contribution >= 4 is 29.0 Å². The lowest BCUT2D eigenvalue weighted by atomic mass is 9.97. The molecule has 0 bridgehead atoms. The van der Waals surface area contributed by atoms with E-state index in [0.29, 0.717) is 12.1 Å². The molecule has 1 atom stereocenters. The summed E-state index contributed by atoms with van der Waals surface area (Å²) in [6, 6.07) is 21.7. The van der Waals surface area contributed by atoms with Gasteiger partial charge in [-0.3, -0.25) is 5.01 Å². The zero-order valence-electron chi connectivity index (χ0n) is 17.8. The van der Waals surface area contributed by atoms with Gasteiger partial charge < -0.3 is 15.1 Å². The molecule has 0 saturated heterocycles. The predicted molar refractivity (Wildman–Crippen MR) is 124 cm³/mol. The zero-order valence-corrected chi connectivity index (χ0v) is 17.8. The molecule has 2 N–H and O–H groups in total. The number of hydrogen-bond donors (Lipinski definition) is 2. The second kappa shape index (κ2) is 8.55. The number of nitrogens with zero attached hydrogens (tertiary/aromatic N) is 3. The minimum Gasteiger partial charge on any atom is -0.478 e. The monoisotopic (exact) mass is 429 g/mol. The summed E-state index contributed by atoms with van der Waals surface area (Å²) in [4.78, 5) is 25.3. The third kappa shape index (κ3) is 4.18. The van der Waals surface area contributed by atoms with E-state index in [9.17, 15) is 19.8 Å². The van der Waals surface area contributed by atoms with Crippen molar-refractivity contribution in [3.05, 3.63) is 95.1 Å². The Bertz CT molecular complexity index is 1160. The van der Waals surface area contributed by atoms with Gasteiger partial charge in [0.15, 0.2) is 0 Å². The first-order chi connectivity index (χ1) is 15.3. The first-order valence-electron chi connectivity index (χ1n) is 10.1. The van der Waals surface area contributed by atoms with Crippen LogP contribution in [0.3, 0.4) is 0 Å². The van der Waals surface area contributed by atoms with Crippen molar-refractivity contribution in [2.24, 2.45) is 5.10 Å². The molecule has 7 nitrogen and oxygen atoms in total. The Morgan fingerprint density at radius 3 is 2.03 bits per heavy atom. The number of rotatable bonds is 6. The molecule has 3 aromatic rings. The van der Waals surface area contributed by atoms with E-state index in [1.807, 2.05) is 73.6 Å². The van der Waals surface area contributed by atoms with E-state index >= 15 is 0 Å². The van der Waals surface area contributed by atoms with Gasteiger partial charge in [0, 0.05) is 26.2 Å². The lowest BCUT2D eigenvalue weighted by molar-refractivity contribution is 0.0696. The van der Waals surface area contributed by atoms with Gasteiger partial charge in [-0.25, -0.2) is 9.59 Å². The number of anilines is 2. The van der Waals surface area contributed by atoms with Gasteiger partial charge in [-0.05, 0) is 41.5 Å². The van der Waals surface area contributed by atoms with Gasteiger partial charge in [0.25, 0.3) is 0 Å². The van der Waals surface area contributed by atoms with E-state index in [1.165, 1.54) is 12.1 Å². The van der Waals surface area contributed by atoms with Crippen LogP contribution in [0.2, 0.25) is 0 Å². The lowest BCUT2D eigenvalue weighted by Crippen LogP contribution is -2.20. The highest BCUT2D eigenvalue weighted by atomic mass is 16.4. The molecule has 7 heteroatoms. The van der Waals surface area contributed by atoms with E-state index in [4.69, 9.17) is 5.10 Å². The molecule has 162 valence electrons. The third-order valence-corrected chi connectivity index (χ3v) is 5.49. The fraction of sp³-hybridized carbons (Fsp3) is 0.160. The Morgan fingerprint density at radius 2 is 1.50 bits per heavy atom. The maximum absolute atomic E-state index is 11.6. The molecule has 1 unspecified atom stereocenters. The molecule has 1 heterocycles. The maximum atomic E-state index is 11.6. The van der Waals surface area contributed by atoms with E-state index in [1.54, 1.807) is 5.01 Å². The number of carboxylic acid groups (broad SMARTS) is 2. The standard InChI is InChI=1S/C25H23N3O4/c1-27(2)20-10-8-17(9-11-20)23-15-22(16-6-4-3-5-7-16)26-28(23)21-13-18(24(29)30)12-19(14-21)25(31)32/h3-14,23H,15H2,1-2H3,(H,29,30)(H,31,32). The van der Waals surface area contributed by atoms with Crippen LogP contribution >= 0.6 is 0 Å². The van der Waals surface area contributed by atoms with Crippen LogP contribution in [-0.4, -0.2) is 42.0 Å². The van der Waals surface area contributed by atoms with Gasteiger partial charge in [0.2, 0.25) is 0 Å². The lowest BCUT2D eigenvalue weighted by Gasteiger charge is -2.25. The van der Waals surface area contributed by atoms with Crippen LogP contribution in [0.25, 0.3) is 0 Å². The summed E-state index contributed by atoms with van der Waals surface area (Å²) in [7, 11) is 3.94. The molecule has 1 aliphatic heterocycles. The molecule has 1 aliphatic rings. The SMILES string of the molecule is CN(C)c1ccc(C2CC(c3ccccc3)=NN2c2cc(C(=O)O)cc(C(=O)O)c2)cc1. The normalized spacial score (nSPS) is 15.4. The highest BCUT2D eigenvalue weighted by molar-refractivity contribution is 6.03. The van der Waals surface area contributed by atoms with Crippen molar-refractivity contribution in [1.29, 1.82) is 0 Å². The van der Waals surface area contributed by atoms with Crippen LogP contribution in [0.5, 0.6) is 0 Å². The summed E-state index contributed by atoms with van der Waals surface area (Å²) in [6.07, 6.45) is 0.602. The minimum atomic E-state index is -1.19. The molecular formula is C25H23N3O4.